The van der Waals surface area contributed by atoms with E-state index in [0.717, 1.165) is 18.2 Å². The van der Waals surface area contributed by atoms with Gasteiger partial charge < -0.3 is 14.6 Å². The van der Waals surface area contributed by atoms with Gasteiger partial charge >= 0.3 is 10.4 Å². The molecule has 1 aromatic rings. The van der Waals surface area contributed by atoms with Crippen molar-refractivity contribution in [2.24, 2.45) is 0 Å². The molecule has 0 aliphatic carbocycles. The highest BCUT2D eigenvalue weighted by atomic mass is 32.3. The molecule has 0 saturated heterocycles. The van der Waals surface area contributed by atoms with Crippen molar-refractivity contribution in [3.63, 3.8) is 0 Å². The number of phenols is 1. The molecule has 0 saturated carbocycles. The second-order valence-corrected chi connectivity index (χ2v) is 4.07. The van der Waals surface area contributed by atoms with Crippen molar-refractivity contribution in [3.8, 4) is 11.5 Å². The number of amides is 1. The lowest BCUT2D eigenvalue weighted by Crippen LogP contribution is -2.22. The fourth-order valence-corrected chi connectivity index (χ4v) is 1.47. The lowest BCUT2D eigenvalue weighted by Gasteiger charge is -2.07. The van der Waals surface area contributed by atoms with Gasteiger partial charge in [-0.25, -0.2) is 0 Å². The molecule has 7 nitrogen and oxygen atoms in total. The fourth-order valence-electron chi connectivity index (χ4n) is 1.13. The molecule has 0 atom stereocenters. The van der Waals surface area contributed by atoms with Crippen LogP contribution in [-0.2, 0) is 10.4 Å². The van der Waals surface area contributed by atoms with Crippen molar-refractivity contribution >= 4 is 16.3 Å². The van der Waals surface area contributed by atoms with E-state index >= 15 is 0 Å². The lowest BCUT2D eigenvalue weighted by atomic mass is 10.2. The summed E-state index contributed by atoms with van der Waals surface area (Å²) in [6.45, 7) is 2.04. The van der Waals surface area contributed by atoms with E-state index in [0.29, 0.717) is 6.54 Å². The summed E-state index contributed by atoms with van der Waals surface area (Å²) < 4.78 is 33.5. The number of aromatic hydroxyl groups is 1. The first-order valence-corrected chi connectivity index (χ1v) is 5.98. The summed E-state index contributed by atoms with van der Waals surface area (Å²) in [5.41, 5.74) is -0.145. The van der Waals surface area contributed by atoms with Crippen LogP contribution in [-0.4, -0.2) is 30.5 Å². The molecule has 17 heavy (non-hydrogen) atoms. The van der Waals surface area contributed by atoms with Crippen LogP contribution in [0.25, 0.3) is 0 Å². The summed E-state index contributed by atoms with van der Waals surface area (Å²) >= 11 is 0. The van der Waals surface area contributed by atoms with Crippen LogP contribution in [0.2, 0.25) is 0 Å². The van der Waals surface area contributed by atoms with E-state index in [-0.39, 0.29) is 17.1 Å². The summed E-state index contributed by atoms with van der Waals surface area (Å²) in [4.78, 5) is 11.4. The van der Waals surface area contributed by atoms with Crippen LogP contribution in [0.5, 0.6) is 11.5 Å². The highest BCUT2D eigenvalue weighted by Crippen LogP contribution is 2.23. The zero-order valence-electron chi connectivity index (χ0n) is 8.87. The first-order chi connectivity index (χ1) is 7.83. The van der Waals surface area contributed by atoms with Crippen LogP contribution < -0.4 is 9.50 Å². The van der Waals surface area contributed by atoms with Crippen molar-refractivity contribution in [3.05, 3.63) is 23.8 Å². The molecular weight excluding hydrogens is 250 g/mol. The molecule has 94 valence electrons. The zero-order chi connectivity index (χ0) is 13.1. The van der Waals surface area contributed by atoms with Gasteiger partial charge in [0.1, 0.15) is 11.5 Å². The normalized spacial score (nSPS) is 10.9. The van der Waals surface area contributed by atoms with Crippen molar-refractivity contribution in [2.75, 3.05) is 6.54 Å². The number of hydrogen-bond acceptors (Lipinski definition) is 5. The van der Waals surface area contributed by atoms with Crippen molar-refractivity contribution < 1.29 is 27.1 Å². The minimum Gasteiger partial charge on any atom is -0.507 e. The minimum atomic E-state index is -4.66. The Balaban J connectivity index is 3.06. The van der Waals surface area contributed by atoms with Gasteiger partial charge in [0.25, 0.3) is 5.91 Å². The van der Waals surface area contributed by atoms with Crippen molar-refractivity contribution in [1.29, 1.82) is 0 Å². The van der Waals surface area contributed by atoms with Gasteiger partial charge in [-0.15, -0.1) is 0 Å². The molecule has 0 aliphatic heterocycles. The molecule has 1 aromatic carbocycles. The van der Waals surface area contributed by atoms with Crippen LogP contribution in [0.4, 0.5) is 0 Å². The molecule has 0 aromatic heterocycles. The number of nitrogens with one attached hydrogen (secondary N) is 1. The summed E-state index contributed by atoms with van der Waals surface area (Å²) in [7, 11) is -4.66. The van der Waals surface area contributed by atoms with E-state index in [1.807, 2.05) is 0 Å². The standard InChI is InChI=1S/C9H11NO6S/c1-2-10-9(12)7-5-6(3-4-8(7)11)16-17(13,14)15/h3-5,11H,2H2,1H3,(H,10,12)(H,13,14,15). The maximum absolute atomic E-state index is 11.4. The van der Waals surface area contributed by atoms with E-state index in [4.69, 9.17) is 4.55 Å². The number of carbonyl (C=O) groups excluding carboxylic acids is 1. The average molecular weight is 261 g/mol. The summed E-state index contributed by atoms with van der Waals surface area (Å²) in [6.07, 6.45) is 0. The lowest BCUT2D eigenvalue weighted by molar-refractivity contribution is 0.0952. The summed E-state index contributed by atoms with van der Waals surface area (Å²) in [5, 5.41) is 11.8. The van der Waals surface area contributed by atoms with Gasteiger partial charge in [-0.05, 0) is 25.1 Å². The molecule has 0 aliphatic rings. The second kappa shape index (κ2) is 5.02. The highest BCUT2D eigenvalue weighted by molar-refractivity contribution is 7.81. The van der Waals surface area contributed by atoms with Gasteiger partial charge in [-0.2, -0.15) is 8.42 Å². The smallest absolute Gasteiger partial charge is 0.446 e. The first-order valence-electron chi connectivity index (χ1n) is 4.61. The third kappa shape index (κ3) is 3.93. The molecule has 8 heteroatoms. The van der Waals surface area contributed by atoms with Crippen LogP contribution in [0, 0.1) is 0 Å². The third-order valence-electron chi connectivity index (χ3n) is 1.75. The van der Waals surface area contributed by atoms with Crippen LogP contribution in [0.1, 0.15) is 17.3 Å². The monoisotopic (exact) mass is 261 g/mol. The molecular formula is C9H11NO6S. The maximum atomic E-state index is 11.4. The molecule has 0 spiro atoms. The van der Waals surface area contributed by atoms with E-state index < -0.39 is 16.3 Å². The second-order valence-electron chi connectivity index (χ2n) is 3.05. The fraction of sp³-hybridized carbons (Fsp3) is 0.222. The largest absolute Gasteiger partial charge is 0.507 e. The van der Waals surface area contributed by atoms with E-state index in [1.54, 1.807) is 6.92 Å². The highest BCUT2D eigenvalue weighted by Gasteiger charge is 2.14. The number of benzene rings is 1. The van der Waals surface area contributed by atoms with Crippen molar-refractivity contribution in [1.82, 2.24) is 5.32 Å². The van der Waals surface area contributed by atoms with Gasteiger partial charge in [-0.3, -0.25) is 9.35 Å². The summed E-state index contributed by atoms with van der Waals surface area (Å²) in [6, 6.07) is 3.20. The first kappa shape index (κ1) is 13.3. The molecule has 3 N–H and O–H groups in total. The van der Waals surface area contributed by atoms with Crippen molar-refractivity contribution in [2.45, 2.75) is 6.92 Å². The molecule has 1 rings (SSSR count). The zero-order valence-corrected chi connectivity index (χ0v) is 9.69. The molecule has 0 fully saturated rings. The molecule has 1 amide bonds. The Hall–Kier alpha value is -1.80. The topological polar surface area (TPSA) is 113 Å². The number of rotatable bonds is 4. The van der Waals surface area contributed by atoms with Gasteiger partial charge in [0, 0.05) is 6.54 Å². The Kier molecular flexibility index (Phi) is 3.92. The molecule has 0 unspecified atom stereocenters. The Labute approximate surface area is 98.0 Å². The Morgan fingerprint density at radius 2 is 2.12 bits per heavy atom. The predicted octanol–water partition coefficient (Wildman–Crippen LogP) is 0.324. The molecule has 0 heterocycles. The Morgan fingerprint density at radius 3 is 2.65 bits per heavy atom. The number of hydrogen-bond donors (Lipinski definition) is 3. The molecule has 0 bridgehead atoms. The van der Waals surface area contributed by atoms with E-state index in [9.17, 15) is 18.3 Å². The average Bonchev–Trinajstić information content (AvgIpc) is 2.19. The van der Waals surface area contributed by atoms with E-state index in [2.05, 4.69) is 9.50 Å². The maximum Gasteiger partial charge on any atom is 0.446 e. The Morgan fingerprint density at radius 1 is 1.47 bits per heavy atom. The number of phenolic OH excluding ortho intramolecular Hbond substituents is 1. The van der Waals surface area contributed by atoms with Gasteiger partial charge in [-0.1, -0.05) is 0 Å². The van der Waals surface area contributed by atoms with Crippen LogP contribution >= 0.6 is 0 Å². The SMILES string of the molecule is CCNC(=O)c1cc(OS(=O)(=O)O)ccc1O. The molecule has 0 radical (unpaired) electrons. The predicted molar refractivity (Wildman–Crippen MR) is 58.3 cm³/mol. The Bertz CT molecular complexity index is 524. The van der Waals surface area contributed by atoms with Crippen LogP contribution in [0.15, 0.2) is 18.2 Å². The van der Waals surface area contributed by atoms with Gasteiger partial charge in [0.05, 0.1) is 5.56 Å². The van der Waals surface area contributed by atoms with Crippen LogP contribution in [0.3, 0.4) is 0 Å². The third-order valence-corrected chi connectivity index (χ3v) is 2.15. The van der Waals surface area contributed by atoms with Gasteiger partial charge in [0.2, 0.25) is 0 Å². The quantitative estimate of drug-likeness (QED) is 0.673. The summed E-state index contributed by atoms with van der Waals surface area (Å²) in [5.74, 6) is -1.17. The van der Waals surface area contributed by atoms with E-state index in [1.165, 1.54) is 0 Å². The minimum absolute atomic E-state index is 0.145. The number of carbonyl (C=O) groups is 1. The van der Waals surface area contributed by atoms with Gasteiger partial charge in [0.15, 0.2) is 0 Å².